The maximum absolute atomic E-state index is 5.52. The zero-order valence-electron chi connectivity index (χ0n) is 15.6. The van der Waals surface area contributed by atoms with Gasteiger partial charge in [0.1, 0.15) is 11.5 Å². The van der Waals surface area contributed by atoms with Gasteiger partial charge in [-0.1, -0.05) is 24.3 Å². The number of hydrogen-bond acceptors (Lipinski definition) is 4. The van der Waals surface area contributed by atoms with E-state index < -0.39 is 0 Å². The van der Waals surface area contributed by atoms with E-state index >= 15 is 0 Å². The molecule has 0 N–H and O–H groups in total. The number of nitrogens with zero attached hydrogens (tertiary/aromatic N) is 3. The van der Waals surface area contributed by atoms with Crippen molar-refractivity contribution in [2.24, 2.45) is 7.05 Å². The van der Waals surface area contributed by atoms with Gasteiger partial charge in [-0.15, -0.1) is 0 Å². The van der Waals surface area contributed by atoms with Crippen molar-refractivity contribution in [1.29, 1.82) is 0 Å². The molecule has 0 fully saturated rings. The average molecular weight is 359 g/mol. The van der Waals surface area contributed by atoms with E-state index in [-0.39, 0.29) is 0 Å². The molecule has 136 valence electrons. The molecule has 27 heavy (non-hydrogen) atoms. The van der Waals surface area contributed by atoms with Crippen molar-refractivity contribution in [3.05, 3.63) is 72.3 Å². The second-order valence-corrected chi connectivity index (χ2v) is 6.46. The van der Waals surface area contributed by atoms with Gasteiger partial charge in [0.05, 0.1) is 20.4 Å². The van der Waals surface area contributed by atoms with Crippen LogP contribution in [0.2, 0.25) is 0 Å². The van der Waals surface area contributed by atoms with E-state index in [4.69, 9.17) is 9.47 Å². The van der Waals surface area contributed by atoms with Gasteiger partial charge in [0.2, 0.25) is 0 Å². The Morgan fingerprint density at radius 1 is 1.00 bits per heavy atom. The maximum atomic E-state index is 5.52. The standard InChI is InChI=1S/C22H21N3O2/c1-25-14-17(13-24-25)20-6-4-5-16-12-23-18(10-21(16)20)9-15-7-8-19(26-2)11-22(15)27-3/h4-8,10-14H,9H2,1-3H3. The second-order valence-electron chi connectivity index (χ2n) is 6.46. The summed E-state index contributed by atoms with van der Waals surface area (Å²) < 4.78 is 12.6. The fourth-order valence-electron chi connectivity index (χ4n) is 3.31. The van der Waals surface area contributed by atoms with Crippen molar-refractivity contribution in [2.75, 3.05) is 14.2 Å². The molecule has 0 saturated heterocycles. The Hall–Kier alpha value is -3.34. The van der Waals surface area contributed by atoms with Gasteiger partial charge in [-0.3, -0.25) is 9.67 Å². The van der Waals surface area contributed by atoms with Gasteiger partial charge in [0.25, 0.3) is 0 Å². The Labute approximate surface area is 158 Å². The highest BCUT2D eigenvalue weighted by Gasteiger charge is 2.10. The first-order valence-electron chi connectivity index (χ1n) is 8.75. The molecule has 0 radical (unpaired) electrons. The lowest BCUT2D eigenvalue weighted by Crippen LogP contribution is -1.97. The third kappa shape index (κ3) is 3.36. The van der Waals surface area contributed by atoms with Crippen LogP contribution in [0.1, 0.15) is 11.3 Å². The van der Waals surface area contributed by atoms with Crippen LogP contribution in [0.4, 0.5) is 0 Å². The largest absolute Gasteiger partial charge is 0.497 e. The molecular weight excluding hydrogens is 338 g/mol. The summed E-state index contributed by atoms with van der Waals surface area (Å²) in [5.41, 5.74) is 4.32. The number of rotatable bonds is 5. The quantitative estimate of drug-likeness (QED) is 0.535. The molecule has 2 aromatic heterocycles. The van der Waals surface area contributed by atoms with E-state index in [2.05, 4.69) is 34.3 Å². The molecule has 4 rings (SSSR count). The van der Waals surface area contributed by atoms with Gasteiger partial charge in [-0.2, -0.15) is 5.10 Å². The summed E-state index contributed by atoms with van der Waals surface area (Å²) in [7, 11) is 5.25. The van der Waals surface area contributed by atoms with Crippen molar-refractivity contribution < 1.29 is 9.47 Å². The highest BCUT2D eigenvalue weighted by molar-refractivity contribution is 5.96. The van der Waals surface area contributed by atoms with Crippen LogP contribution in [0.3, 0.4) is 0 Å². The second kappa shape index (κ2) is 7.11. The van der Waals surface area contributed by atoms with Crippen LogP contribution in [-0.2, 0) is 13.5 Å². The van der Waals surface area contributed by atoms with E-state index in [0.29, 0.717) is 6.42 Å². The highest BCUT2D eigenvalue weighted by atomic mass is 16.5. The molecule has 2 heterocycles. The molecule has 5 nitrogen and oxygen atoms in total. The van der Waals surface area contributed by atoms with Crippen LogP contribution >= 0.6 is 0 Å². The molecule has 0 saturated carbocycles. The number of aryl methyl sites for hydroxylation is 1. The molecule has 0 unspecified atom stereocenters. The summed E-state index contributed by atoms with van der Waals surface area (Å²) in [4.78, 5) is 4.65. The van der Waals surface area contributed by atoms with Crippen molar-refractivity contribution in [2.45, 2.75) is 6.42 Å². The molecule has 0 atom stereocenters. The van der Waals surface area contributed by atoms with Gasteiger partial charge in [-0.25, -0.2) is 0 Å². The Morgan fingerprint density at radius 2 is 1.89 bits per heavy atom. The number of benzene rings is 2. The Bertz CT molecular complexity index is 1100. The van der Waals surface area contributed by atoms with Gasteiger partial charge >= 0.3 is 0 Å². The summed E-state index contributed by atoms with van der Waals surface area (Å²) in [6.45, 7) is 0. The average Bonchev–Trinajstić information content (AvgIpc) is 3.14. The van der Waals surface area contributed by atoms with Gasteiger partial charge in [-0.05, 0) is 23.1 Å². The normalized spacial score (nSPS) is 10.9. The van der Waals surface area contributed by atoms with Crippen LogP contribution in [0.5, 0.6) is 11.5 Å². The third-order valence-electron chi connectivity index (χ3n) is 4.70. The van der Waals surface area contributed by atoms with Crippen LogP contribution < -0.4 is 9.47 Å². The molecule has 0 spiro atoms. The van der Waals surface area contributed by atoms with Crippen LogP contribution in [0, 0.1) is 0 Å². The molecule has 0 aliphatic rings. The van der Waals surface area contributed by atoms with Crippen LogP contribution in [-0.4, -0.2) is 29.0 Å². The summed E-state index contributed by atoms with van der Waals surface area (Å²) >= 11 is 0. The third-order valence-corrected chi connectivity index (χ3v) is 4.70. The van der Waals surface area contributed by atoms with E-state index in [9.17, 15) is 0 Å². The van der Waals surface area contributed by atoms with E-state index in [0.717, 1.165) is 39.3 Å². The number of aromatic nitrogens is 3. The van der Waals surface area contributed by atoms with Crippen molar-refractivity contribution in [3.63, 3.8) is 0 Å². The predicted molar refractivity (Wildman–Crippen MR) is 106 cm³/mol. The van der Waals surface area contributed by atoms with Gasteiger partial charge in [0, 0.05) is 54.1 Å². The molecule has 0 aliphatic carbocycles. The van der Waals surface area contributed by atoms with Gasteiger partial charge < -0.3 is 9.47 Å². The highest BCUT2D eigenvalue weighted by Crippen LogP contribution is 2.30. The van der Waals surface area contributed by atoms with Crippen LogP contribution in [0.15, 0.2) is 61.1 Å². The SMILES string of the molecule is COc1ccc(Cc2cc3c(-c4cnn(C)c4)cccc3cn2)c(OC)c1. The zero-order valence-corrected chi connectivity index (χ0v) is 15.6. The molecule has 5 heteroatoms. The number of fused-ring (bicyclic) bond motifs is 1. The minimum absolute atomic E-state index is 0.685. The van der Waals surface area contributed by atoms with E-state index in [1.54, 1.807) is 14.2 Å². The Balaban J connectivity index is 1.76. The maximum Gasteiger partial charge on any atom is 0.126 e. The fraction of sp³-hybridized carbons (Fsp3) is 0.182. The van der Waals surface area contributed by atoms with E-state index in [1.165, 1.54) is 5.39 Å². The smallest absolute Gasteiger partial charge is 0.126 e. The Morgan fingerprint density at radius 3 is 2.63 bits per heavy atom. The van der Waals surface area contributed by atoms with Crippen molar-refractivity contribution in [1.82, 2.24) is 14.8 Å². The molecular formula is C22H21N3O2. The number of methoxy groups -OCH3 is 2. The lowest BCUT2D eigenvalue weighted by atomic mass is 9.99. The minimum atomic E-state index is 0.685. The zero-order chi connectivity index (χ0) is 18.8. The molecule has 0 amide bonds. The van der Waals surface area contributed by atoms with Crippen molar-refractivity contribution in [3.8, 4) is 22.6 Å². The fourth-order valence-corrected chi connectivity index (χ4v) is 3.31. The summed E-state index contributed by atoms with van der Waals surface area (Å²) in [6, 6.07) is 14.3. The Kier molecular flexibility index (Phi) is 4.50. The minimum Gasteiger partial charge on any atom is -0.497 e. The summed E-state index contributed by atoms with van der Waals surface area (Å²) in [5.74, 6) is 1.58. The topological polar surface area (TPSA) is 49.2 Å². The lowest BCUT2D eigenvalue weighted by Gasteiger charge is -2.11. The first-order valence-corrected chi connectivity index (χ1v) is 8.75. The first kappa shape index (κ1) is 17.1. The summed E-state index contributed by atoms with van der Waals surface area (Å²) in [5, 5.41) is 6.58. The molecule has 0 aliphatic heterocycles. The van der Waals surface area contributed by atoms with Crippen LogP contribution in [0.25, 0.3) is 21.9 Å². The predicted octanol–water partition coefficient (Wildman–Crippen LogP) is 4.24. The molecule has 0 bridgehead atoms. The first-order chi connectivity index (χ1) is 13.2. The van der Waals surface area contributed by atoms with E-state index in [1.807, 2.05) is 48.5 Å². The lowest BCUT2D eigenvalue weighted by molar-refractivity contribution is 0.391. The molecule has 4 aromatic rings. The number of ether oxygens (including phenoxy) is 2. The molecule has 2 aromatic carbocycles. The summed E-state index contributed by atoms with van der Waals surface area (Å²) in [6.07, 6.45) is 6.54. The number of hydrogen-bond donors (Lipinski definition) is 0. The number of pyridine rings is 1. The van der Waals surface area contributed by atoms with Crippen molar-refractivity contribution >= 4 is 10.8 Å². The van der Waals surface area contributed by atoms with Gasteiger partial charge in [0.15, 0.2) is 0 Å². The monoisotopic (exact) mass is 359 g/mol.